The van der Waals surface area contributed by atoms with E-state index in [1.807, 2.05) is 24.3 Å². The molecule has 0 fully saturated rings. The highest BCUT2D eigenvalue weighted by atomic mass is 79.9. The van der Waals surface area contributed by atoms with Crippen molar-refractivity contribution in [2.75, 3.05) is 0 Å². The maximum Gasteiger partial charge on any atom is 0.167 e. The molecule has 2 aromatic carbocycles. The standard InChI is InChI=1S/C17H16BrFO/c1-11(2)12-3-5-13(6-4-12)17(20)10-14-9-15(18)7-8-16(14)19/h3-9,11H,10H2,1-2H3. The fourth-order valence-corrected chi connectivity index (χ4v) is 2.42. The predicted molar refractivity (Wildman–Crippen MR) is 82.7 cm³/mol. The smallest absolute Gasteiger partial charge is 0.167 e. The van der Waals surface area contributed by atoms with E-state index in [9.17, 15) is 9.18 Å². The van der Waals surface area contributed by atoms with Gasteiger partial charge in [0.25, 0.3) is 0 Å². The third-order valence-corrected chi connectivity index (χ3v) is 3.75. The molecule has 0 aliphatic heterocycles. The Kier molecular flexibility index (Phi) is 4.71. The van der Waals surface area contributed by atoms with E-state index < -0.39 is 0 Å². The topological polar surface area (TPSA) is 17.1 Å². The van der Waals surface area contributed by atoms with Crippen LogP contribution in [0.15, 0.2) is 46.9 Å². The molecule has 3 heteroatoms. The summed E-state index contributed by atoms with van der Waals surface area (Å²) >= 11 is 3.29. The molecular weight excluding hydrogens is 319 g/mol. The van der Waals surface area contributed by atoms with Gasteiger partial charge in [0, 0.05) is 16.5 Å². The van der Waals surface area contributed by atoms with Gasteiger partial charge in [0.15, 0.2) is 5.78 Å². The minimum Gasteiger partial charge on any atom is -0.294 e. The van der Waals surface area contributed by atoms with E-state index in [1.165, 1.54) is 11.6 Å². The number of halogens is 2. The minimum absolute atomic E-state index is 0.0719. The summed E-state index contributed by atoms with van der Waals surface area (Å²) in [5.74, 6) is 0.0133. The van der Waals surface area contributed by atoms with Gasteiger partial charge in [-0.15, -0.1) is 0 Å². The zero-order valence-electron chi connectivity index (χ0n) is 11.5. The van der Waals surface area contributed by atoms with E-state index in [0.29, 0.717) is 17.0 Å². The molecule has 1 nitrogen and oxygen atoms in total. The Morgan fingerprint density at radius 1 is 1.15 bits per heavy atom. The van der Waals surface area contributed by atoms with Crippen LogP contribution in [0.25, 0.3) is 0 Å². The lowest BCUT2D eigenvalue weighted by molar-refractivity contribution is 0.0992. The Morgan fingerprint density at radius 3 is 2.40 bits per heavy atom. The number of carbonyl (C=O) groups excluding carboxylic acids is 1. The Balaban J connectivity index is 2.17. The highest BCUT2D eigenvalue weighted by Gasteiger charge is 2.11. The average molecular weight is 335 g/mol. The van der Waals surface area contributed by atoms with Crippen LogP contribution >= 0.6 is 15.9 Å². The van der Waals surface area contributed by atoms with Crippen LogP contribution in [-0.2, 0) is 6.42 Å². The number of hydrogen-bond acceptors (Lipinski definition) is 1. The van der Waals surface area contributed by atoms with E-state index in [1.54, 1.807) is 12.1 Å². The Morgan fingerprint density at radius 2 is 1.80 bits per heavy atom. The Bertz CT molecular complexity index is 617. The van der Waals surface area contributed by atoms with Gasteiger partial charge in [-0.2, -0.15) is 0 Å². The molecule has 0 saturated carbocycles. The molecule has 0 spiro atoms. The van der Waals surface area contributed by atoms with Gasteiger partial charge in [-0.05, 0) is 35.2 Å². The normalized spacial score (nSPS) is 10.8. The number of ketones is 1. The van der Waals surface area contributed by atoms with Crippen molar-refractivity contribution in [2.45, 2.75) is 26.2 Å². The second-order valence-corrected chi connectivity index (χ2v) is 6.03. The number of Topliss-reactive ketones (excluding diaryl/α,β-unsaturated/α-hetero) is 1. The molecule has 0 heterocycles. The van der Waals surface area contributed by atoms with E-state index in [2.05, 4.69) is 29.8 Å². The maximum absolute atomic E-state index is 13.6. The first-order chi connectivity index (χ1) is 9.47. The zero-order chi connectivity index (χ0) is 14.7. The first-order valence-corrected chi connectivity index (χ1v) is 7.33. The van der Waals surface area contributed by atoms with Crippen LogP contribution in [0, 0.1) is 5.82 Å². The van der Waals surface area contributed by atoms with Gasteiger partial charge < -0.3 is 0 Å². The van der Waals surface area contributed by atoms with Crippen LogP contribution in [0.4, 0.5) is 4.39 Å². The van der Waals surface area contributed by atoms with E-state index in [0.717, 1.165) is 4.47 Å². The Hall–Kier alpha value is -1.48. The van der Waals surface area contributed by atoms with Crippen LogP contribution in [-0.4, -0.2) is 5.78 Å². The highest BCUT2D eigenvalue weighted by molar-refractivity contribution is 9.10. The van der Waals surface area contributed by atoms with Gasteiger partial charge in [0.2, 0.25) is 0 Å². The van der Waals surface area contributed by atoms with E-state index in [-0.39, 0.29) is 18.0 Å². The summed E-state index contributed by atoms with van der Waals surface area (Å²) in [5.41, 5.74) is 2.22. The van der Waals surface area contributed by atoms with Crippen molar-refractivity contribution < 1.29 is 9.18 Å². The summed E-state index contributed by atoms with van der Waals surface area (Å²) < 4.78 is 14.4. The van der Waals surface area contributed by atoms with Crippen molar-refractivity contribution in [1.29, 1.82) is 0 Å². The van der Waals surface area contributed by atoms with Gasteiger partial charge >= 0.3 is 0 Å². The molecule has 0 saturated heterocycles. The molecule has 0 aliphatic rings. The molecule has 0 unspecified atom stereocenters. The highest BCUT2D eigenvalue weighted by Crippen LogP contribution is 2.19. The second kappa shape index (κ2) is 6.31. The first-order valence-electron chi connectivity index (χ1n) is 6.54. The van der Waals surface area contributed by atoms with Crippen LogP contribution in [0.1, 0.15) is 41.3 Å². The molecule has 0 bridgehead atoms. The van der Waals surface area contributed by atoms with Gasteiger partial charge in [-0.1, -0.05) is 54.0 Å². The third kappa shape index (κ3) is 3.54. The van der Waals surface area contributed by atoms with E-state index in [4.69, 9.17) is 0 Å². The lowest BCUT2D eigenvalue weighted by Gasteiger charge is -2.07. The molecule has 2 aromatic rings. The fraction of sp³-hybridized carbons (Fsp3) is 0.235. The van der Waals surface area contributed by atoms with Crippen molar-refractivity contribution >= 4 is 21.7 Å². The number of carbonyl (C=O) groups is 1. The van der Waals surface area contributed by atoms with Gasteiger partial charge in [-0.3, -0.25) is 4.79 Å². The molecule has 2 rings (SSSR count). The SMILES string of the molecule is CC(C)c1ccc(C(=O)Cc2cc(Br)ccc2F)cc1. The largest absolute Gasteiger partial charge is 0.294 e. The zero-order valence-corrected chi connectivity index (χ0v) is 13.1. The minimum atomic E-state index is -0.347. The molecule has 104 valence electrons. The number of rotatable bonds is 4. The molecule has 0 amide bonds. The molecule has 0 radical (unpaired) electrons. The molecular formula is C17H16BrFO. The summed E-state index contributed by atoms with van der Waals surface area (Å²) in [6, 6.07) is 12.2. The van der Waals surface area contributed by atoms with Crippen LogP contribution < -0.4 is 0 Å². The molecule has 0 atom stereocenters. The van der Waals surface area contributed by atoms with Crippen LogP contribution in [0.3, 0.4) is 0 Å². The molecule has 0 N–H and O–H groups in total. The van der Waals surface area contributed by atoms with Crippen molar-refractivity contribution in [3.8, 4) is 0 Å². The van der Waals surface area contributed by atoms with Crippen molar-refractivity contribution in [1.82, 2.24) is 0 Å². The summed E-state index contributed by atoms with van der Waals surface area (Å²) in [7, 11) is 0. The van der Waals surface area contributed by atoms with Gasteiger partial charge in [-0.25, -0.2) is 4.39 Å². The van der Waals surface area contributed by atoms with Crippen molar-refractivity contribution in [3.63, 3.8) is 0 Å². The summed E-state index contributed by atoms with van der Waals surface area (Å²) in [6.45, 7) is 4.21. The second-order valence-electron chi connectivity index (χ2n) is 5.11. The summed E-state index contributed by atoms with van der Waals surface area (Å²) in [4.78, 5) is 12.2. The Labute approximate surface area is 127 Å². The monoisotopic (exact) mass is 334 g/mol. The van der Waals surface area contributed by atoms with Crippen molar-refractivity contribution in [3.05, 3.63) is 69.4 Å². The molecule has 0 aliphatic carbocycles. The lowest BCUT2D eigenvalue weighted by atomic mass is 9.98. The molecule has 20 heavy (non-hydrogen) atoms. The number of benzene rings is 2. The fourth-order valence-electron chi connectivity index (χ4n) is 2.01. The molecule has 0 aromatic heterocycles. The quantitative estimate of drug-likeness (QED) is 0.707. The summed E-state index contributed by atoms with van der Waals surface area (Å²) in [5, 5.41) is 0. The van der Waals surface area contributed by atoms with Gasteiger partial charge in [0.05, 0.1) is 0 Å². The predicted octanol–water partition coefficient (Wildman–Crippen LogP) is 5.14. The lowest BCUT2D eigenvalue weighted by Crippen LogP contribution is -2.05. The van der Waals surface area contributed by atoms with Crippen LogP contribution in [0.2, 0.25) is 0 Å². The third-order valence-electron chi connectivity index (χ3n) is 3.26. The van der Waals surface area contributed by atoms with Crippen LogP contribution in [0.5, 0.6) is 0 Å². The van der Waals surface area contributed by atoms with Crippen molar-refractivity contribution in [2.24, 2.45) is 0 Å². The van der Waals surface area contributed by atoms with E-state index >= 15 is 0 Å². The first kappa shape index (κ1) is 14.9. The maximum atomic E-state index is 13.6. The van der Waals surface area contributed by atoms with Gasteiger partial charge in [0.1, 0.15) is 5.82 Å². The summed E-state index contributed by atoms with van der Waals surface area (Å²) in [6.07, 6.45) is 0.0757. The average Bonchev–Trinajstić information content (AvgIpc) is 2.43. The number of hydrogen-bond donors (Lipinski definition) is 0.